The number of nitrogens with zero attached hydrogens (tertiary/aromatic N) is 2. The molecule has 0 radical (unpaired) electrons. The van der Waals surface area contributed by atoms with Crippen molar-refractivity contribution in [2.45, 2.75) is 6.92 Å². The molecule has 0 spiro atoms. The first-order chi connectivity index (χ1) is 12.9. The molecule has 0 aliphatic carbocycles. The molecule has 2 N–H and O–H groups in total. The normalized spacial score (nSPS) is 12.8. The van der Waals surface area contributed by atoms with E-state index in [2.05, 4.69) is 25.9 Å². The van der Waals surface area contributed by atoms with Crippen LogP contribution < -0.4 is 21.8 Å². The van der Waals surface area contributed by atoms with Crippen molar-refractivity contribution in [1.82, 2.24) is 9.55 Å². The third-order valence-electron chi connectivity index (χ3n) is 4.35. The van der Waals surface area contributed by atoms with Gasteiger partial charge in [0.1, 0.15) is 5.56 Å². The molecular formula is C19H12BrN3O4. The molecule has 4 rings (SSSR count). The molecular weight excluding hydrogens is 414 g/mol. The summed E-state index contributed by atoms with van der Waals surface area (Å²) in [6, 6.07) is 11.7. The summed E-state index contributed by atoms with van der Waals surface area (Å²) in [7, 11) is 0. The lowest BCUT2D eigenvalue weighted by molar-refractivity contribution is -0.112. The molecule has 1 amide bonds. The first kappa shape index (κ1) is 17.2. The van der Waals surface area contributed by atoms with E-state index < -0.39 is 23.0 Å². The van der Waals surface area contributed by atoms with E-state index in [0.29, 0.717) is 16.3 Å². The lowest BCUT2D eigenvalue weighted by Gasteiger charge is -2.12. The Labute approximate surface area is 160 Å². The average molecular weight is 426 g/mol. The summed E-state index contributed by atoms with van der Waals surface area (Å²) in [5.74, 6) is -1.25. The van der Waals surface area contributed by atoms with Crippen molar-refractivity contribution in [2.75, 3.05) is 0 Å². The Balaban J connectivity index is 2.10. The summed E-state index contributed by atoms with van der Waals surface area (Å²) in [5, 5.41) is 11.6. The smallest absolute Gasteiger partial charge is 0.335 e. The second-order valence-corrected chi connectivity index (χ2v) is 6.89. The number of carbonyl (C=O) groups is 1. The Hall–Kier alpha value is -3.26. The third-order valence-corrected chi connectivity index (χ3v) is 5.23. The van der Waals surface area contributed by atoms with Crippen LogP contribution >= 0.6 is 15.9 Å². The number of hydrogen-bond acceptors (Lipinski definition) is 4. The Morgan fingerprint density at radius 2 is 1.85 bits per heavy atom. The minimum absolute atomic E-state index is 0.0352. The van der Waals surface area contributed by atoms with Crippen LogP contribution in [0.5, 0.6) is 5.88 Å². The number of rotatable bonds is 2. The van der Waals surface area contributed by atoms with E-state index in [-0.39, 0.29) is 11.1 Å². The topological polar surface area (TPSA) is 105 Å². The number of nitrogens with one attached hydrogen (secondary N) is 1. The van der Waals surface area contributed by atoms with Crippen LogP contribution in [0.4, 0.5) is 0 Å². The van der Waals surface area contributed by atoms with Crippen LogP contribution in [0.1, 0.15) is 11.1 Å². The highest BCUT2D eigenvalue weighted by Gasteiger charge is 2.27. The van der Waals surface area contributed by atoms with Crippen LogP contribution in [0.25, 0.3) is 11.3 Å². The summed E-state index contributed by atoms with van der Waals surface area (Å²) >= 11 is 3.38. The number of aromatic hydroxyl groups is 1. The number of aryl methyl sites for hydroxylation is 1. The van der Waals surface area contributed by atoms with Crippen LogP contribution in [-0.4, -0.2) is 20.6 Å². The van der Waals surface area contributed by atoms with Gasteiger partial charge in [-0.05, 0) is 36.8 Å². The molecule has 1 aliphatic rings. The van der Waals surface area contributed by atoms with Crippen LogP contribution in [0.3, 0.4) is 0 Å². The summed E-state index contributed by atoms with van der Waals surface area (Å²) in [5.41, 5.74) is -0.790. The molecule has 0 saturated carbocycles. The van der Waals surface area contributed by atoms with Crippen LogP contribution in [-0.2, 0) is 4.79 Å². The van der Waals surface area contributed by atoms with Crippen molar-refractivity contribution in [1.29, 1.82) is 0 Å². The lowest BCUT2D eigenvalue weighted by Crippen LogP contribution is -2.33. The number of carbonyl (C=O) groups excluding carboxylic acids is 1. The number of para-hydroxylation sites is 1. The molecule has 2 aromatic carbocycles. The molecule has 2 heterocycles. The summed E-state index contributed by atoms with van der Waals surface area (Å²) in [6.45, 7) is 1.83. The van der Waals surface area contributed by atoms with Crippen LogP contribution in [0.2, 0.25) is 0 Å². The van der Waals surface area contributed by atoms with E-state index in [0.717, 1.165) is 14.6 Å². The van der Waals surface area contributed by atoms with E-state index in [1.807, 2.05) is 6.92 Å². The van der Waals surface area contributed by atoms with Crippen molar-refractivity contribution in [2.24, 2.45) is 4.99 Å². The summed E-state index contributed by atoms with van der Waals surface area (Å²) in [4.78, 5) is 43.3. The van der Waals surface area contributed by atoms with Crippen LogP contribution in [0, 0.1) is 6.92 Å². The first-order valence-electron chi connectivity index (χ1n) is 7.96. The van der Waals surface area contributed by atoms with Gasteiger partial charge in [-0.1, -0.05) is 34.1 Å². The lowest BCUT2D eigenvalue weighted by atomic mass is 10.1. The van der Waals surface area contributed by atoms with Gasteiger partial charge in [0.2, 0.25) is 5.88 Å². The van der Waals surface area contributed by atoms with E-state index in [9.17, 15) is 19.5 Å². The van der Waals surface area contributed by atoms with Crippen molar-refractivity contribution < 1.29 is 9.90 Å². The van der Waals surface area contributed by atoms with Gasteiger partial charge in [-0.2, -0.15) is 0 Å². The van der Waals surface area contributed by atoms with Gasteiger partial charge in [0.25, 0.3) is 11.5 Å². The Morgan fingerprint density at radius 3 is 2.59 bits per heavy atom. The van der Waals surface area contributed by atoms with E-state index in [1.165, 1.54) is 0 Å². The molecule has 0 fully saturated rings. The predicted octanol–water partition coefficient (Wildman–Crippen LogP) is 0.661. The monoisotopic (exact) mass is 425 g/mol. The Morgan fingerprint density at radius 1 is 1.11 bits per heavy atom. The fraction of sp³-hybridized carbons (Fsp3) is 0.0526. The highest BCUT2D eigenvalue weighted by Crippen LogP contribution is 2.25. The molecule has 3 aromatic rings. The van der Waals surface area contributed by atoms with Gasteiger partial charge in [0.15, 0.2) is 0 Å². The second kappa shape index (κ2) is 6.17. The second-order valence-electron chi connectivity index (χ2n) is 6.04. The highest BCUT2D eigenvalue weighted by molar-refractivity contribution is 9.10. The number of halogens is 1. The zero-order valence-corrected chi connectivity index (χ0v) is 15.6. The molecule has 0 unspecified atom stereocenters. The summed E-state index contributed by atoms with van der Waals surface area (Å²) < 4.78 is 1.79. The number of amides is 1. The van der Waals surface area contributed by atoms with Gasteiger partial charge in [0, 0.05) is 9.69 Å². The maximum Gasteiger partial charge on any atom is 0.335 e. The Kier molecular flexibility index (Phi) is 3.92. The van der Waals surface area contributed by atoms with E-state index in [1.54, 1.807) is 42.5 Å². The number of aromatic amines is 1. The maximum atomic E-state index is 12.5. The number of aromatic nitrogens is 2. The molecule has 0 saturated heterocycles. The van der Waals surface area contributed by atoms with E-state index in [4.69, 9.17) is 0 Å². The van der Waals surface area contributed by atoms with Crippen LogP contribution in [0.15, 0.2) is 61.5 Å². The summed E-state index contributed by atoms with van der Waals surface area (Å²) in [6.07, 6.45) is 0. The van der Waals surface area contributed by atoms with Gasteiger partial charge in [-0.3, -0.25) is 14.6 Å². The van der Waals surface area contributed by atoms with Crippen molar-refractivity contribution in [3.05, 3.63) is 89.5 Å². The van der Waals surface area contributed by atoms with Gasteiger partial charge >= 0.3 is 5.69 Å². The number of H-pyrrole nitrogens is 1. The molecule has 8 heteroatoms. The molecule has 7 nitrogen and oxygen atoms in total. The highest BCUT2D eigenvalue weighted by atomic mass is 79.9. The van der Waals surface area contributed by atoms with Crippen molar-refractivity contribution in [3.63, 3.8) is 0 Å². The van der Waals surface area contributed by atoms with Crippen molar-refractivity contribution >= 4 is 27.4 Å². The predicted molar refractivity (Wildman–Crippen MR) is 102 cm³/mol. The van der Waals surface area contributed by atoms with Gasteiger partial charge in [-0.15, -0.1) is 0 Å². The van der Waals surface area contributed by atoms with Crippen molar-refractivity contribution in [3.8, 4) is 11.6 Å². The molecule has 27 heavy (non-hydrogen) atoms. The molecule has 0 bridgehead atoms. The minimum atomic E-state index is -0.849. The number of benzene rings is 2. The molecule has 134 valence electrons. The quantitative estimate of drug-likeness (QED) is 0.628. The largest absolute Gasteiger partial charge is 0.494 e. The number of fused-ring (bicyclic) bond motifs is 1. The standard InChI is InChI=1S/C19H12BrN3O4/c1-9-8-10(6-7-12(9)20)23-18(26)15(17(25)22-19(23)27)14-11-4-2-3-5-13(11)21-16(14)24/h2-8,26H,1H3,(H,22,25,27). The number of hydrogen-bond donors (Lipinski definition) is 2. The average Bonchev–Trinajstić information content (AvgIpc) is 2.94. The minimum Gasteiger partial charge on any atom is -0.494 e. The fourth-order valence-electron chi connectivity index (χ4n) is 3.06. The maximum absolute atomic E-state index is 12.5. The Bertz CT molecular complexity index is 1370. The molecule has 1 aromatic heterocycles. The zero-order valence-electron chi connectivity index (χ0n) is 14.0. The first-order valence-corrected chi connectivity index (χ1v) is 8.75. The van der Waals surface area contributed by atoms with Gasteiger partial charge in [0.05, 0.1) is 16.6 Å². The molecule has 0 atom stereocenters. The molecule has 1 aliphatic heterocycles. The van der Waals surface area contributed by atoms with E-state index >= 15 is 0 Å². The SMILES string of the molecule is Cc1cc(-n2c(O)c(C3=c4ccccc4=NC3=O)c(=O)[nH]c2=O)ccc1Br. The fourth-order valence-corrected chi connectivity index (χ4v) is 3.31. The van der Waals surface area contributed by atoms with Gasteiger partial charge < -0.3 is 5.11 Å². The zero-order chi connectivity index (χ0) is 19.3. The van der Waals surface area contributed by atoms with Gasteiger partial charge in [-0.25, -0.2) is 14.4 Å². The third kappa shape index (κ3) is 2.65.